The highest BCUT2D eigenvalue weighted by atomic mass is 35.5. The summed E-state index contributed by atoms with van der Waals surface area (Å²) in [6.45, 7) is 0. The molecule has 0 aliphatic rings. The van der Waals surface area contributed by atoms with Gasteiger partial charge < -0.3 is 4.74 Å². The number of esters is 1. The van der Waals surface area contributed by atoms with Gasteiger partial charge in [0.2, 0.25) is 0 Å². The molecule has 0 saturated heterocycles. The van der Waals surface area contributed by atoms with Gasteiger partial charge in [0, 0.05) is 34.0 Å². The molecular weight excluding hydrogens is 342 g/mol. The Balaban J connectivity index is 1.77. The van der Waals surface area contributed by atoms with Crippen LogP contribution >= 0.6 is 11.6 Å². The third kappa shape index (κ3) is 3.84. The Hall–Kier alpha value is -3.18. The normalized spacial score (nSPS) is 10.9. The van der Waals surface area contributed by atoms with Crippen LogP contribution in [0.1, 0.15) is 5.56 Å². The van der Waals surface area contributed by atoms with E-state index >= 15 is 0 Å². The van der Waals surface area contributed by atoms with Crippen molar-refractivity contribution in [1.29, 1.82) is 0 Å². The average molecular weight is 354 g/mol. The van der Waals surface area contributed by atoms with Gasteiger partial charge in [-0.2, -0.15) is 0 Å². The molecule has 0 amide bonds. The lowest BCUT2D eigenvalue weighted by Gasteiger charge is -2.07. The summed E-state index contributed by atoms with van der Waals surface area (Å²) in [5.74, 6) is -0.135. The molecule has 0 radical (unpaired) electrons. The van der Waals surface area contributed by atoms with Gasteiger partial charge in [-0.1, -0.05) is 35.9 Å². The van der Waals surface area contributed by atoms with Crippen LogP contribution in [0.5, 0.6) is 5.75 Å². The van der Waals surface area contributed by atoms with Gasteiger partial charge in [-0.15, -0.1) is 0 Å². The lowest BCUT2D eigenvalue weighted by atomic mass is 10.1. The Bertz CT molecular complexity index is 980. The molecule has 0 unspecified atom stereocenters. The van der Waals surface area contributed by atoms with E-state index in [1.54, 1.807) is 24.3 Å². The first-order chi connectivity index (χ1) is 12.0. The number of hydrogen-bond acceptors (Lipinski definition) is 4. The number of carbonyl (C=O) groups excluding carboxylic acids is 1. The number of halogens is 1. The van der Waals surface area contributed by atoms with Crippen molar-refractivity contribution in [3.63, 3.8) is 0 Å². The molecule has 3 rings (SSSR count). The Morgan fingerprint density at radius 3 is 2.36 bits per heavy atom. The quantitative estimate of drug-likeness (QED) is 0.217. The van der Waals surface area contributed by atoms with E-state index in [0.29, 0.717) is 16.3 Å². The second-order valence-corrected chi connectivity index (χ2v) is 5.60. The zero-order valence-electron chi connectivity index (χ0n) is 12.9. The number of nitrogens with zero attached hydrogens (tertiary/aromatic N) is 1. The molecule has 0 heterocycles. The maximum atomic E-state index is 12.0. The number of rotatable bonds is 4. The maximum absolute atomic E-state index is 12.0. The molecule has 0 fully saturated rings. The van der Waals surface area contributed by atoms with Gasteiger partial charge in [0.15, 0.2) is 0 Å². The Labute approximate surface area is 148 Å². The Morgan fingerprint density at radius 1 is 1.00 bits per heavy atom. The number of fused-ring (bicyclic) bond motifs is 1. The molecule has 0 spiro atoms. The van der Waals surface area contributed by atoms with Crippen molar-refractivity contribution in [2.24, 2.45) is 0 Å². The summed E-state index contributed by atoms with van der Waals surface area (Å²) in [4.78, 5) is 22.2. The molecule has 0 atom stereocenters. The zero-order valence-corrected chi connectivity index (χ0v) is 13.6. The van der Waals surface area contributed by atoms with Crippen LogP contribution in [0.3, 0.4) is 0 Å². The van der Waals surface area contributed by atoms with E-state index < -0.39 is 10.9 Å². The highest BCUT2D eigenvalue weighted by Gasteiger charge is 2.08. The fourth-order valence-corrected chi connectivity index (χ4v) is 2.57. The monoisotopic (exact) mass is 353 g/mol. The van der Waals surface area contributed by atoms with Crippen molar-refractivity contribution >= 4 is 40.1 Å². The van der Waals surface area contributed by atoms with Crippen molar-refractivity contribution in [3.05, 3.63) is 87.4 Å². The summed E-state index contributed by atoms with van der Waals surface area (Å²) in [6.07, 6.45) is 2.80. The van der Waals surface area contributed by atoms with Crippen LogP contribution in [0.4, 0.5) is 5.69 Å². The number of nitro benzene ring substituents is 1. The molecule has 6 heteroatoms. The molecule has 0 aliphatic heterocycles. The molecule has 0 aromatic heterocycles. The molecule has 0 aliphatic carbocycles. The molecule has 25 heavy (non-hydrogen) atoms. The first-order valence-corrected chi connectivity index (χ1v) is 7.74. The predicted octanol–water partition coefficient (Wildman–Crippen LogP) is 5.02. The van der Waals surface area contributed by atoms with Crippen LogP contribution in [-0.4, -0.2) is 10.9 Å². The van der Waals surface area contributed by atoms with E-state index in [1.165, 1.54) is 24.3 Å². The standard InChI is InChI=1S/C19H12ClNO4/c20-17-10-11-18(16-4-2-1-3-15(16)17)25-19(22)12-7-13-5-8-14(9-6-13)21(23)24/h1-12H. The fraction of sp³-hybridized carbons (Fsp3) is 0. The minimum Gasteiger partial charge on any atom is -0.423 e. The van der Waals surface area contributed by atoms with E-state index in [4.69, 9.17) is 16.3 Å². The molecule has 3 aromatic rings. The zero-order chi connectivity index (χ0) is 17.8. The lowest BCUT2D eigenvalue weighted by Crippen LogP contribution is -2.04. The van der Waals surface area contributed by atoms with E-state index in [-0.39, 0.29) is 5.69 Å². The van der Waals surface area contributed by atoms with Crippen LogP contribution < -0.4 is 4.74 Å². The van der Waals surface area contributed by atoms with E-state index in [0.717, 1.165) is 10.8 Å². The third-order valence-electron chi connectivity index (χ3n) is 3.56. The molecule has 0 bridgehead atoms. The van der Waals surface area contributed by atoms with Gasteiger partial charge >= 0.3 is 5.97 Å². The van der Waals surface area contributed by atoms with Gasteiger partial charge in [0.25, 0.3) is 5.69 Å². The summed E-state index contributed by atoms with van der Waals surface area (Å²) >= 11 is 6.14. The third-order valence-corrected chi connectivity index (χ3v) is 3.89. The highest BCUT2D eigenvalue weighted by molar-refractivity contribution is 6.35. The summed E-state index contributed by atoms with van der Waals surface area (Å²) < 4.78 is 5.37. The molecule has 0 saturated carbocycles. The van der Waals surface area contributed by atoms with Crippen molar-refractivity contribution in [2.75, 3.05) is 0 Å². The van der Waals surface area contributed by atoms with Gasteiger partial charge in [0.05, 0.1) is 4.92 Å². The van der Waals surface area contributed by atoms with Crippen molar-refractivity contribution in [1.82, 2.24) is 0 Å². The summed E-state index contributed by atoms with van der Waals surface area (Å²) in [6, 6.07) is 16.5. The maximum Gasteiger partial charge on any atom is 0.336 e. The Morgan fingerprint density at radius 2 is 1.68 bits per heavy atom. The van der Waals surface area contributed by atoms with Gasteiger partial charge in [0.1, 0.15) is 5.75 Å². The van der Waals surface area contributed by atoms with Crippen molar-refractivity contribution in [3.8, 4) is 5.75 Å². The number of nitro groups is 1. The van der Waals surface area contributed by atoms with Crippen LogP contribution in [0, 0.1) is 10.1 Å². The second kappa shape index (κ2) is 7.15. The molecule has 5 nitrogen and oxygen atoms in total. The van der Waals surface area contributed by atoms with Crippen molar-refractivity contribution in [2.45, 2.75) is 0 Å². The summed E-state index contributed by atoms with van der Waals surface area (Å²) in [7, 11) is 0. The summed E-state index contributed by atoms with van der Waals surface area (Å²) in [5.41, 5.74) is 0.649. The number of carbonyl (C=O) groups is 1. The van der Waals surface area contributed by atoms with E-state index in [9.17, 15) is 14.9 Å². The van der Waals surface area contributed by atoms with Crippen LogP contribution in [0.25, 0.3) is 16.8 Å². The smallest absolute Gasteiger partial charge is 0.336 e. The number of ether oxygens (including phenoxy) is 1. The highest BCUT2D eigenvalue weighted by Crippen LogP contribution is 2.31. The van der Waals surface area contributed by atoms with Crippen LogP contribution in [0.2, 0.25) is 5.02 Å². The van der Waals surface area contributed by atoms with Gasteiger partial charge in [-0.05, 0) is 35.9 Å². The van der Waals surface area contributed by atoms with Gasteiger partial charge in [-0.25, -0.2) is 4.79 Å². The first kappa shape index (κ1) is 16.7. The molecular formula is C19H12ClNO4. The number of non-ortho nitro benzene ring substituents is 1. The SMILES string of the molecule is O=C(C=Cc1ccc([N+](=O)[O-])cc1)Oc1ccc(Cl)c2ccccc12. The van der Waals surface area contributed by atoms with Gasteiger partial charge in [-0.3, -0.25) is 10.1 Å². The first-order valence-electron chi connectivity index (χ1n) is 7.36. The minimum atomic E-state index is -0.550. The lowest BCUT2D eigenvalue weighted by molar-refractivity contribution is -0.384. The predicted molar refractivity (Wildman–Crippen MR) is 96.7 cm³/mol. The van der Waals surface area contributed by atoms with Crippen LogP contribution in [0.15, 0.2) is 66.7 Å². The average Bonchev–Trinajstić information content (AvgIpc) is 2.63. The minimum absolute atomic E-state index is 0.00707. The number of benzene rings is 3. The molecule has 0 N–H and O–H groups in total. The fourth-order valence-electron chi connectivity index (χ4n) is 2.34. The molecule has 124 valence electrons. The summed E-state index contributed by atoms with van der Waals surface area (Å²) in [5, 5.41) is 12.7. The second-order valence-electron chi connectivity index (χ2n) is 5.19. The van der Waals surface area contributed by atoms with Crippen LogP contribution in [-0.2, 0) is 4.79 Å². The van der Waals surface area contributed by atoms with E-state index in [2.05, 4.69) is 0 Å². The van der Waals surface area contributed by atoms with E-state index in [1.807, 2.05) is 24.3 Å². The Kier molecular flexibility index (Phi) is 4.77. The molecule has 3 aromatic carbocycles. The van der Waals surface area contributed by atoms with Crippen molar-refractivity contribution < 1.29 is 14.5 Å². The topological polar surface area (TPSA) is 69.4 Å². The number of hydrogen-bond donors (Lipinski definition) is 0. The largest absolute Gasteiger partial charge is 0.423 e.